The first kappa shape index (κ1) is 13.1. The molecule has 2 heterocycles. The molecule has 1 unspecified atom stereocenters. The van der Waals surface area contributed by atoms with Gasteiger partial charge in [0.15, 0.2) is 5.76 Å². The van der Waals surface area contributed by atoms with Gasteiger partial charge in [-0.05, 0) is 32.9 Å². The van der Waals surface area contributed by atoms with Crippen LogP contribution in [0, 0.1) is 6.92 Å². The topological polar surface area (TPSA) is 68.7 Å². The lowest BCUT2D eigenvalue weighted by Gasteiger charge is -2.42. The molecule has 1 aliphatic heterocycles. The van der Waals surface area contributed by atoms with Crippen molar-refractivity contribution in [1.29, 1.82) is 0 Å². The molecule has 1 atom stereocenters. The molecule has 100 valence electrons. The highest BCUT2D eigenvalue weighted by atomic mass is 16.5. The van der Waals surface area contributed by atoms with Gasteiger partial charge < -0.3 is 19.8 Å². The third kappa shape index (κ3) is 2.73. The van der Waals surface area contributed by atoms with Crippen molar-refractivity contribution in [1.82, 2.24) is 4.90 Å². The summed E-state index contributed by atoms with van der Waals surface area (Å²) in [6.45, 7) is 7.21. The predicted octanol–water partition coefficient (Wildman–Crippen LogP) is 1.17. The molecule has 0 saturated carbocycles. The maximum absolute atomic E-state index is 12.3. The molecule has 2 rings (SSSR count). The molecule has 0 aromatic carbocycles. The standard InChI is InChI=1S/C13H20N2O3/c1-9-4-5-11(17-9)12(16)15-7-10(6-14)18-13(2,3)8-15/h4-5,10H,6-8,14H2,1-3H3. The summed E-state index contributed by atoms with van der Waals surface area (Å²) in [5.74, 6) is 1.01. The molecule has 1 aromatic heterocycles. The number of carbonyl (C=O) groups is 1. The van der Waals surface area contributed by atoms with Crippen LogP contribution in [0.15, 0.2) is 16.5 Å². The number of amides is 1. The summed E-state index contributed by atoms with van der Waals surface area (Å²) in [7, 11) is 0. The molecular weight excluding hydrogens is 232 g/mol. The molecule has 0 spiro atoms. The lowest BCUT2D eigenvalue weighted by atomic mass is 10.0. The summed E-state index contributed by atoms with van der Waals surface area (Å²) in [5.41, 5.74) is 5.27. The Morgan fingerprint density at radius 3 is 2.83 bits per heavy atom. The van der Waals surface area contributed by atoms with Crippen LogP contribution in [0.3, 0.4) is 0 Å². The average molecular weight is 252 g/mol. The summed E-state index contributed by atoms with van der Waals surface area (Å²) in [4.78, 5) is 14.0. The van der Waals surface area contributed by atoms with Gasteiger partial charge in [0.2, 0.25) is 0 Å². The van der Waals surface area contributed by atoms with Crippen LogP contribution in [0.25, 0.3) is 0 Å². The first-order valence-corrected chi connectivity index (χ1v) is 6.15. The molecule has 5 heteroatoms. The smallest absolute Gasteiger partial charge is 0.289 e. The lowest BCUT2D eigenvalue weighted by Crippen LogP contribution is -2.56. The van der Waals surface area contributed by atoms with Crippen LogP contribution in [0.5, 0.6) is 0 Å². The molecule has 2 N–H and O–H groups in total. The normalized spacial score (nSPS) is 23.1. The van der Waals surface area contributed by atoms with E-state index in [-0.39, 0.29) is 17.6 Å². The van der Waals surface area contributed by atoms with Gasteiger partial charge in [0.1, 0.15) is 5.76 Å². The Labute approximate surface area is 107 Å². The first-order valence-electron chi connectivity index (χ1n) is 6.15. The zero-order valence-electron chi connectivity index (χ0n) is 11.1. The highest BCUT2D eigenvalue weighted by Gasteiger charge is 2.36. The maximum Gasteiger partial charge on any atom is 0.289 e. The first-order chi connectivity index (χ1) is 8.41. The average Bonchev–Trinajstić information content (AvgIpc) is 2.72. The van der Waals surface area contributed by atoms with E-state index in [0.29, 0.717) is 25.4 Å². The van der Waals surface area contributed by atoms with E-state index < -0.39 is 0 Å². The Balaban J connectivity index is 2.14. The van der Waals surface area contributed by atoms with Gasteiger partial charge in [-0.25, -0.2) is 0 Å². The third-order valence-corrected chi connectivity index (χ3v) is 2.98. The van der Waals surface area contributed by atoms with E-state index >= 15 is 0 Å². The van der Waals surface area contributed by atoms with E-state index in [1.807, 2.05) is 20.8 Å². The molecule has 1 amide bonds. The molecule has 1 aromatic rings. The van der Waals surface area contributed by atoms with Gasteiger partial charge in [-0.15, -0.1) is 0 Å². The van der Waals surface area contributed by atoms with Crippen molar-refractivity contribution in [3.05, 3.63) is 23.7 Å². The largest absolute Gasteiger partial charge is 0.456 e. The van der Waals surface area contributed by atoms with Crippen LogP contribution in [0.1, 0.15) is 30.2 Å². The van der Waals surface area contributed by atoms with Crippen molar-refractivity contribution >= 4 is 5.91 Å². The maximum atomic E-state index is 12.3. The quantitative estimate of drug-likeness (QED) is 0.857. The van der Waals surface area contributed by atoms with Crippen molar-refractivity contribution in [2.24, 2.45) is 5.73 Å². The summed E-state index contributed by atoms with van der Waals surface area (Å²) >= 11 is 0. The molecule has 1 saturated heterocycles. The Morgan fingerprint density at radius 1 is 1.56 bits per heavy atom. The monoisotopic (exact) mass is 252 g/mol. The summed E-state index contributed by atoms with van der Waals surface area (Å²) in [6, 6.07) is 3.50. The molecule has 1 fully saturated rings. The van der Waals surface area contributed by atoms with E-state index in [9.17, 15) is 4.79 Å². The van der Waals surface area contributed by atoms with Crippen LogP contribution in [-0.4, -0.2) is 42.1 Å². The van der Waals surface area contributed by atoms with Gasteiger partial charge in [0.25, 0.3) is 5.91 Å². The molecule has 0 bridgehead atoms. The minimum absolute atomic E-state index is 0.0991. The van der Waals surface area contributed by atoms with Gasteiger partial charge >= 0.3 is 0 Å². The third-order valence-electron chi connectivity index (χ3n) is 2.98. The highest BCUT2D eigenvalue weighted by molar-refractivity contribution is 5.91. The lowest BCUT2D eigenvalue weighted by molar-refractivity contribution is -0.122. The van der Waals surface area contributed by atoms with Crippen LogP contribution in [-0.2, 0) is 4.74 Å². The van der Waals surface area contributed by atoms with Crippen molar-refractivity contribution in [3.63, 3.8) is 0 Å². The second kappa shape index (κ2) is 4.74. The van der Waals surface area contributed by atoms with Crippen molar-refractivity contribution < 1.29 is 13.9 Å². The van der Waals surface area contributed by atoms with Crippen LogP contribution in [0.2, 0.25) is 0 Å². The molecular formula is C13H20N2O3. The number of hydrogen-bond donors (Lipinski definition) is 1. The zero-order valence-corrected chi connectivity index (χ0v) is 11.1. The fourth-order valence-corrected chi connectivity index (χ4v) is 2.28. The van der Waals surface area contributed by atoms with Gasteiger partial charge in [0, 0.05) is 19.6 Å². The number of rotatable bonds is 2. The number of nitrogens with zero attached hydrogens (tertiary/aromatic N) is 1. The number of aryl methyl sites for hydroxylation is 1. The highest BCUT2D eigenvalue weighted by Crippen LogP contribution is 2.22. The molecule has 18 heavy (non-hydrogen) atoms. The number of hydrogen-bond acceptors (Lipinski definition) is 4. The van der Waals surface area contributed by atoms with Crippen molar-refractivity contribution in [2.75, 3.05) is 19.6 Å². The fourth-order valence-electron chi connectivity index (χ4n) is 2.28. The Hall–Kier alpha value is -1.33. The number of nitrogens with two attached hydrogens (primary N) is 1. The van der Waals surface area contributed by atoms with Gasteiger partial charge in [-0.3, -0.25) is 4.79 Å². The van der Waals surface area contributed by atoms with E-state index in [1.165, 1.54) is 0 Å². The summed E-state index contributed by atoms with van der Waals surface area (Å²) < 4.78 is 11.2. The van der Waals surface area contributed by atoms with Crippen molar-refractivity contribution in [3.8, 4) is 0 Å². The Kier molecular flexibility index (Phi) is 3.45. The minimum Gasteiger partial charge on any atom is -0.456 e. The number of furan rings is 1. The summed E-state index contributed by atoms with van der Waals surface area (Å²) in [5, 5.41) is 0. The van der Waals surface area contributed by atoms with Gasteiger partial charge in [-0.1, -0.05) is 0 Å². The molecule has 0 aliphatic carbocycles. The molecule has 1 aliphatic rings. The van der Waals surface area contributed by atoms with Crippen molar-refractivity contribution in [2.45, 2.75) is 32.5 Å². The van der Waals surface area contributed by atoms with Crippen LogP contribution < -0.4 is 5.73 Å². The number of carbonyl (C=O) groups excluding carboxylic acids is 1. The molecule has 0 radical (unpaired) electrons. The van der Waals surface area contributed by atoms with Crippen LogP contribution >= 0.6 is 0 Å². The number of ether oxygens (including phenoxy) is 1. The van der Waals surface area contributed by atoms with Gasteiger partial charge in [-0.2, -0.15) is 0 Å². The fraction of sp³-hybridized carbons (Fsp3) is 0.615. The Bertz CT molecular complexity index is 439. The SMILES string of the molecule is Cc1ccc(C(=O)N2CC(CN)OC(C)(C)C2)o1. The van der Waals surface area contributed by atoms with E-state index in [4.69, 9.17) is 14.9 Å². The summed E-state index contributed by atoms with van der Waals surface area (Å²) in [6.07, 6.45) is -0.117. The minimum atomic E-state index is -0.375. The molecule has 5 nitrogen and oxygen atoms in total. The van der Waals surface area contributed by atoms with Gasteiger partial charge in [0.05, 0.1) is 11.7 Å². The van der Waals surface area contributed by atoms with E-state index in [1.54, 1.807) is 17.0 Å². The van der Waals surface area contributed by atoms with E-state index in [2.05, 4.69) is 0 Å². The second-order valence-electron chi connectivity index (χ2n) is 5.33. The second-order valence-corrected chi connectivity index (χ2v) is 5.33. The van der Waals surface area contributed by atoms with Crippen LogP contribution in [0.4, 0.5) is 0 Å². The Morgan fingerprint density at radius 2 is 2.28 bits per heavy atom. The predicted molar refractivity (Wildman–Crippen MR) is 67.4 cm³/mol. The number of morpholine rings is 1. The van der Waals surface area contributed by atoms with E-state index in [0.717, 1.165) is 5.76 Å². The zero-order chi connectivity index (χ0) is 13.3.